The summed E-state index contributed by atoms with van der Waals surface area (Å²) in [6, 6.07) is 9.60. The van der Waals surface area contributed by atoms with Crippen LogP contribution >= 0.6 is 0 Å². The molecule has 2 aromatic heterocycles. The van der Waals surface area contributed by atoms with E-state index in [-0.39, 0.29) is 23.1 Å². The van der Waals surface area contributed by atoms with E-state index in [2.05, 4.69) is 29.1 Å². The fourth-order valence-corrected chi connectivity index (χ4v) is 4.51. The number of nitrogens with two attached hydrogens (primary N) is 1. The zero-order chi connectivity index (χ0) is 28.5. The van der Waals surface area contributed by atoms with E-state index >= 15 is 0 Å². The van der Waals surface area contributed by atoms with E-state index in [9.17, 15) is 19.5 Å². The molecule has 2 amide bonds. The maximum absolute atomic E-state index is 12.8. The smallest absolute Gasteiger partial charge is 0.410 e. The number of ether oxygens (including phenoxy) is 1. The third-order valence-corrected chi connectivity index (χ3v) is 6.43. The molecule has 39 heavy (non-hydrogen) atoms. The molecule has 3 heterocycles. The van der Waals surface area contributed by atoms with Gasteiger partial charge in [-0.05, 0) is 69.4 Å². The zero-order valence-corrected chi connectivity index (χ0v) is 22.8. The first-order valence-electron chi connectivity index (χ1n) is 12.8. The van der Waals surface area contributed by atoms with Crippen LogP contribution in [0.25, 0.3) is 11.3 Å². The number of amides is 2. The average molecular weight is 535 g/mol. The van der Waals surface area contributed by atoms with Gasteiger partial charge in [0.05, 0.1) is 6.04 Å². The predicted octanol–water partition coefficient (Wildman–Crippen LogP) is 4.80. The van der Waals surface area contributed by atoms with Gasteiger partial charge in [-0.2, -0.15) is 0 Å². The van der Waals surface area contributed by atoms with Crippen LogP contribution in [-0.4, -0.2) is 54.8 Å². The number of aromatic carboxylic acids is 1. The van der Waals surface area contributed by atoms with Crippen molar-refractivity contribution in [3.05, 3.63) is 65.2 Å². The molecule has 0 aliphatic carbocycles. The van der Waals surface area contributed by atoms with Gasteiger partial charge in [0.1, 0.15) is 17.1 Å². The van der Waals surface area contributed by atoms with Gasteiger partial charge in [0, 0.05) is 23.9 Å². The van der Waals surface area contributed by atoms with Gasteiger partial charge in [0.2, 0.25) is 0 Å². The third-order valence-electron chi connectivity index (χ3n) is 6.43. The number of nitrogen functional groups attached to an aromatic ring is 1. The summed E-state index contributed by atoms with van der Waals surface area (Å²) in [5, 5.41) is 12.7. The molecule has 3 aromatic rings. The first-order valence-corrected chi connectivity index (χ1v) is 12.8. The highest BCUT2D eigenvalue weighted by molar-refractivity contribution is 6.04. The highest BCUT2D eigenvalue weighted by Gasteiger charge is 2.37. The second-order valence-electron chi connectivity index (χ2n) is 10.8. The van der Waals surface area contributed by atoms with Gasteiger partial charge in [-0.25, -0.2) is 24.2 Å². The highest BCUT2D eigenvalue weighted by Crippen LogP contribution is 2.35. The molecular weight excluding hydrogens is 500 g/mol. The summed E-state index contributed by atoms with van der Waals surface area (Å²) in [4.78, 5) is 48.1. The number of carboxylic acids is 1. The molecule has 11 nitrogen and oxygen atoms in total. The Hall–Kier alpha value is -4.41. The lowest BCUT2D eigenvalue weighted by molar-refractivity contribution is 0.0217. The first kappa shape index (κ1) is 27.6. The Labute approximate surface area is 227 Å². The molecule has 1 aromatic carbocycles. The van der Waals surface area contributed by atoms with Crippen LogP contribution in [0.15, 0.2) is 42.6 Å². The molecule has 4 N–H and O–H groups in total. The van der Waals surface area contributed by atoms with E-state index in [0.717, 1.165) is 10.2 Å². The standard InChI is InChI=1S/C28H34N6O5/c1-16(2)19-12-13-30-21(15-19)31-25(35)18-10-8-17(9-11-18)22-23(26(36)37)34(29)24(32-22)20-7-6-14-33(20)27(38)39-28(3,4)5/h8-13,15-16,20H,6-7,14,29H2,1-5H3,(H,36,37)(H,30,31,35)/t20-/m0/s1. The van der Waals surface area contributed by atoms with Gasteiger partial charge in [-0.1, -0.05) is 26.0 Å². The molecule has 1 fully saturated rings. The minimum Gasteiger partial charge on any atom is -0.476 e. The number of imidazole rings is 1. The second-order valence-corrected chi connectivity index (χ2v) is 10.8. The molecule has 1 atom stereocenters. The minimum atomic E-state index is -1.26. The first-order chi connectivity index (χ1) is 18.4. The minimum absolute atomic E-state index is 0.147. The Balaban J connectivity index is 1.60. The molecule has 0 saturated carbocycles. The van der Waals surface area contributed by atoms with Crippen molar-refractivity contribution >= 4 is 23.8 Å². The number of hydrogen-bond donors (Lipinski definition) is 3. The van der Waals surface area contributed by atoms with Gasteiger partial charge in [0.25, 0.3) is 5.91 Å². The number of anilines is 1. The van der Waals surface area contributed by atoms with E-state index in [1.807, 2.05) is 12.1 Å². The summed E-state index contributed by atoms with van der Waals surface area (Å²) < 4.78 is 6.56. The van der Waals surface area contributed by atoms with Crippen molar-refractivity contribution in [1.82, 2.24) is 19.5 Å². The van der Waals surface area contributed by atoms with Crippen molar-refractivity contribution in [2.75, 3.05) is 17.7 Å². The Morgan fingerprint density at radius 3 is 2.46 bits per heavy atom. The number of benzene rings is 1. The summed E-state index contributed by atoms with van der Waals surface area (Å²) in [6.07, 6.45) is 2.41. The molecule has 4 rings (SSSR count). The van der Waals surface area contributed by atoms with Crippen LogP contribution in [0.3, 0.4) is 0 Å². The van der Waals surface area contributed by atoms with Gasteiger partial charge in [0.15, 0.2) is 11.5 Å². The third kappa shape index (κ3) is 6.02. The Morgan fingerprint density at radius 2 is 1.85 bits per heavy atom. The maximum Gasteiger partial charge on any atom is 0.410 e. The molecule has 0 unspecified atom stereocenters. The predicted molar refractivity (Wildman–Crippen MR) is 146 cm³/mol. The van der Waals surface area contributed by atoms with Gasteiger partial charge in [-0.3, -0.25) is 9.69 Å². The van der Waals surface area contributed by atoms with E-state index in [4.69, 9.17) is 10.6 Å². The van der Waals surface area contributed by atoms with Crippen molar-refractivity contribution in [3.8, 4) is 11.3 Å². The largest absolute Gasteiger partial charge is 0.476 e. The van der Waals surface area contributed by atoms with Crippen LogP contribution in [-0.2, 0) is 4.74 Å². The zero-order valence-electron chi connectivity index (χ0n) is 22.8. The van der Waals surface area contributed by atoms with Gasteiger partial charge >= 0.3 is 12.1 Å². The molecule has 0 spiro atoms. The molecule has 1 saturated heterocycles. The topological polar surface area (TPSA) is 153 Å². The van der Waals surface area contributed by atoms with Crippen LogP contribution < -0.4 is 11.2 Å². The number of likely N-dealkylation sites (tertiary alicyclic amines) is 1. The molecule has 0 radical (unpaired) electrons. The molecule has 11 heteroatoms. The Morgan fingerprint density at radius 1 is 1.15 bits per heavy atom. The van der Waals surface area contributed by atoms with Crippen LogP contribution in [0.5, 0.6) is 0 Å². The summed E-state index contributed by atoms with van der Waals surface area (Å²) in [5.41, 5.74) is 1.14. The van der Waals surface area contributed by atoms with Crippen molar-refractivity contribution in [2.24, 2.45) is 0 Å². The number of nitrogens with one attached hydrogen (secondary N) is 1. The molecular formula is C28H34N6O5. The maximum atomic E-state index is 12.8. The Bertz CT molecular complexity index is 1390. The van der Waals surface area contributed by atoms with Crippen molar-refractivity contribution < 1.29 is 24.2 Å². The van der Waals surface area contributed by atoms with Crippen molar-refractivity contribution in [3.63, 3.8) is 0 Å². The summed E-state index contributed by atoms with van der Waals surface area (Å²) in [6.45, 7) is 9.90. The second kappa shape index (κ2) is 10.8. The van der Waals surface area contributed by atoms with Crippen molar-refractivity contribution in [1.29, 1.82) is 0 Å². The normalized spacial score (nSPS) is 15.4. The van der Waals surface area contributed by atoms with E-state index < -0.39 is 23.7 Å². The van der Waals surface area contributed by atoms with Crippen LogP contribution in [0.4, 0.5) is 10.6 Å². The lowest BCUT2D eigenvalue weighted by Crippen LogP contribution is -2.37. The molecule has 1 aliphatic heterocycles. The molecule has 206 valence electrons. The number of pyridine rings is 1. The van der Waals surface area contributed by atoms with E-state index in [0.29, 0.717) is 42.2 Å². The van der Waals surface area contributed by atoms with Crippen molar-refractivity contribution in [2.45, 2.75) is 65.0 Å². The number of hydrogen-bond acceptors (Lipinski definition) is 7. The molecule has 0 bridgehead atoms. The number of carboxylic acid groups (broad SMARTS) is 1. The summed E-state index contributed by atoms with van der Waals surface area (Å²) in [7, 11) is 0. The van der Waals surface area contributed by atoms with E-state index in [1.54, 1.807) is 51.2 Å². The number of carbonyl (C=O) groups is 3. The monoisotopic (exact) mass is 534 g/mol. The van der Waals surface area contributed by atoms with Crippen LogP contribution in [0, 0.1) is 0 Å². The van der Waals surface area contributed by atoms with E-state index in [1.165, 1.54) is 4.90 Å². The lowest BCUT2D eigenvalue weighted by Gasteiger charge is -2.28. The molecule has 1 aliphatic rings. The fourth-order valence-electron chi connectivity index (χ4n) is 4.51. The summed E-state index contributed by atoms with van der Waals surface area (Å²) in [5.74, 6) is 5.61. The van der Waals surface area contributed by atoms with Gasteiger partial charge in [-0.15, -0.1) is 0 Å². The Kier molecular flexibility index (Phi) is 7.62. The van der Waals surface area contributed by atoms with Crippen LogP contribution in [0.1, 0.15) is 91.7 Å². The fraction of sp³-hybridized carbons (Fsp3) is 0.393. The summed E-state index contributed by atoms with van der Waals surface area (Å²) >= 11 is 0. The lowest BCUT2D eigenvalue weighted by atomic mass is 10.0. The van der Waals surface area contributed by atoms with Gasteiger partial charge < -0.3 is 21.0 Å². The average Bonchev–Trinajstić information content (AvgIpc) is 3.48. The van der Waals surface area contributed by atoms with Crippen LogP contribution in [0.2, 0.25) is 0 Å². The highest BCUT2D eigenvalue weighted by atomic mass is 16.6. The number of rotatable bonds is 6. The quantitative estimate of drug-likeness (QED) is 0.381. The number of aromatic nitrogens is 3. The SMILES string of the molecule is CC(C)c1ccnc(NC(=O)c2ccc(-c3nc([C@@H]4CCCN4C(=O)OC(C)(C)C)n(N)c3C(=O)O)cc2)c1. The number of nitrogens with zero attached hydrogens (tertiary/aromatic N) is 4. The number of carbonyl (C=O) groups excluding carboxylic acids is 2.